The maximum Gasteiger partial charge on any atom is 0.0570 e. The molecule has 1 atom stereocenters. The molecule has 0 amide bonds. The van der Waals surface area contributed by atoms with Crippen molar-refractivity contribution in [2.24, 2.45) is 4.99 Å². The standard InChI is InChI=1S/C8H17N/c1-5-7-8(3,6-2)9-4/h4-7H2,1-3H3. The van der Waals surface area contributed by atoms with Crippen molar-refractivity contribution in [2.45, 2.75) is 45.6 Å². The Bertz CT molecular complexity index is 88.6. The summed E-state index contributed by atoms with van der Waals surface area (Å²) in [6.07, 6.45) is 3.46. The van der Waals surface area contributed by atoms with Crippen LogP contribution in [0.25, 0.3) is 0 Å². The van der Waals surface area contributed by atoms with E-state index >= 15 is 0 Å². The molecule has 0 saturated heterocycles. The lowest BCUT2D eigenvalue weighted by molar-refractivity contribution is 0.420. The highest BCUT2D eigenvalue weighted by atomic mass is 14.8. The van der Waals surface area contributed by atoms with Gasteiger partial charge in [-0.3, -0.25) is 4.99 Å². The summed E-state index contributed by atoms with van der Waals surface area (Å²) in [5.41, 5.74) is 0.148. The first-order valence-corrected chi connectivity index (χ1v) is 3.66. The van der Waals surface area contributed by atoms with Crippen LogP contribution < -0.4 is 0 Å². The van der Waals surface area contributed by atoms with E-state index in [9.17, 15) is 0 Å². The van der Waals surface area contributed by atoms with E-state index in [0.29, 0.717) is 0 Å². The normalized spacial score (nSPS) is 16.8. The number of hydrogen-bond donors (Lipinski definition) is 0. The first-order chi connectivity index (χ1) is 4.18. The van der Waals surface area contributed by atoms with Crippen molar-refractivity contribution >= 4 is 6.72 Å². The first-order valence-electron chi connectivity index (χ1n) is 3.66. The highest BCUT2D eigenvalue weighted by Gasteiger charge is 2.16. The van der Waals surface area contributed by atoms with Gasteiger partial charge in [-0.2, -0.15) is 0 Å². The average Bonchev–Trinajstić information content (AvgIpc) is 1.89. The van der Waals surface area contributed by atoms with E-state index in [1.165, 1.54) is 6.42 Å². The van der Waals surface area contributed by atoms with E-state index in [4.69, 9.17) is 0 Å². The van der Waals surface area contributed by atoms with Gasteiger partial charge in [0.15, 0.2) is 0 Å². The molecule has 0 fully saturated rings. The Labute approximate surface area is 58.2 Å². The summed E-state index contributed by atoms with van der Waals surface area (Å²) in [5, 5.41) is 0. The van der Waals surface area contributed by atoms with Crippen LogP contribution in [0.3, 0.4) is 0 Å². The Hall–Kier alpha value is -0.330. The Morgan fingerprint density at radius 2 is 2.00 bits per heavy atom. The summed E-state index contributed by atoms with van der Waals surface area (Å²) in [7, 11) is 0. The molecule has 0 rings (SSSR count). The van der Waals surface area contributed by atoms with Crippen LogP contribution >= 0.6 is 0 Å². The largest absolute Gasteiger partial charge is 0.295 e. The fraction of sp³-hybridized carbons (Fsp3) is 0.875. The van der Waals surface area contributed by atoms with Gasteiger partial charge in [-0.1, -0.05) is 20.3 Å². The van der Waals surface area contributed by atoms with Crippen molar-refractivity contribution in [1.29, 1.82) is 0 Å². The molecule has 0 aromatic rings. The Morgan fingerprint density at radius 1 is 1.44 bits per heavy atom. The molecule has 0 aliphatic heterocycles. The highest BCUT2D eigenvalue weighted by Crippen LogP contribution is 2.20. The minimum Gasteiger partial charge on any atom is -0.295 e. The van der Waals surface area contributed by atoms with Crippen LogP contribution in [0, 0.1) is 0 Å². The Balaban J connectivity index is 3.76. The van der Waals surface area contributed by atoms with Gasteiger partial charge in [-0.15, -0.1) is 0 Å². The summed E-state index contributed by atoms with van der Waals surface area (Å²) >= 11 is 0. The number of nitrogens with zero attached hydrogens (tertiary/aromatic N) is 1. The zero-order valence-electron chi connectivity index (χ0n) is 6.78. The molecule has 0 aromatic carbocycles. The third-order valence-electron chi connectivity index (χ3n) is 1.93. The summed E-state index contributed by atoms with van der Waals surface area (Å²) in [4.78, 5) is 4.08. The molecule has 1 nitrogen and oxygen atoms in total. The molecule has 1 unspecified atom stereocenters. The summed E-state index contributed by atoms with van der Waals surface area (Å²) in [5.74, 6) is 0. The van der Waals surface area contributed by atoms with Crippen LogP contribution in [0.4, 0.5) is 0 Å². The monoisotopic (exact) mass is 127 g/mol. The molecule has 0 saturated carbocycles. The van der Waals surface area contributed by atoms with Gasteiger partial charge in [0, 0.05) is 0 Å². The van der Waals surface area contributed by atoms with Crippen LogP contribution in [-0.2, 0) is 0 Å². The van der Waals surface area contributed by atoms with E-state index in [2.05, 4.69) is 32.5 Å². The molecular weight excluding hydrogens is 110 g/mol. The maximum absolute atomic E-state index is 4.08. The lowest BCUT2D eigenvalue weighted by Crippen LogP contribution is -2.19. The van der Waals surface area contributed by atoms with E-state index < -0.39 is 0 Å². The molecular formula is C8H17N. The highest BCUT2D eigenvalue weighted by molar-refractivity contribution is 5.25. The molecule has 0 aromatic heterocycles. The van der Waals surface area contributed by atoms with Gasteiger partial charge in [-0.25, -0.2) is 0 Å². The van der Waals surface area contributed by atoms with Gasteiger partial charge < -0.3 is 0 Å². The molecule has 1 heteroatoms. The lowest BCUT2D eigenvalue weighted by Gasteiger charge is -2.21. The van der Waals surface area contributed by atoms with Crippen molar-refractivity contribution in [3.63, 3.8) is 0 Å². The van der Waals surface area contributed by atoms with E-state index in [-0.39, 0.29) is 5.54 Å². The molecule has 54 valence electrons. The van der Waals surface area contributed by atoms with Gasteiger partial charge in [0.1, 0.15) is 0 Å². The van der Waals surface area contributed by atoms with Gasteiger partial charge in [0.2, 0.25) is 0 Å². The van der Waals surface area contributed by atoms with Gasteiger partial charge in [0.05, 0.1) is 5.54 Å². The topological polar surface area (TPSA) is 12.4 Å². The molecule has 0 spiro atoms. The molecule has 0 bridgehead atoms. The van der Waals surface area contributed by atoms with Crippen LogP contribution in [0.2, 0.25) is 0 Å². The number of aliphatic imine (C=N–C) groups is 1. The van der Waals surface area contributed by atoms with E-state index in [0.717, 1.165) is 12.8 Å². The smallest absolute Gasteiger partial charge is 0.0570 e. The lowest BCUT2D eigenvalue weighted by atomic mass is 9.94. The summed E-state index contributed by atoms with van der Waals surface area (Å²) < 4.78 is 0. The van der Waals surface area contributed by atoms with Gasteiger partial charge in [0.25, 0.3) is 0 Å². The fourth-order valence-corrected chi connectivity index (χ4v) is 0.906. The molecule has 0 aliphatic carbocycles. The SMILES string of the molecule is C=NC(C)(CC)CCC. The first kappa shape index (κ1) is 8.67. The van der Waals surface area contributed by atoms with Crippen molar-refractivity contribution in [2.75, 3.05) is 0 Å². The predicted octanol–water partition coefficient (Wildman–Crippen LogP) is 2.66. The second-order valence-electron chi connectivity index (χ2n) is 2.76. The van der Waals surface area contributed by atoms with Crippen LogP contribution in [-0.4, -0.2) is 12.3 Å². The summed E-state index contributed by atoms with van der Waals surface area (Å²) in [6.45, 7) is 10.1. The molecule has 9 heavy (non-hydrogen) atoms. The second-order valence-corrected chi connectivity index (χ2v) is 2.76. The average molecular weight is 127 g/mol. The van der Waals surface area contributed by atoms with Crippen molar-refractivity contribution in [3.8, 4) is 0 Å². The Kier molecular flexibility index (Phi) is 3.52. The van der Waals surface area contributed by atoms with Crippen LogP contribution in [0.5, 0.6) is 0 Å². The zero-order valence-corrected chi connectivity index (χ0v) is 6.78. The summed E-state index contributed by atoms with van der Waals surface area (Å²) in [6, 6.07) is 0. The van der Waals surface area contributed by atoms with Crippen LogP contribution in [0.15, 0.2) is 4.99 Å². The number of hydrogen-bond acceptors (Lipinski definition) is 1. The van der Waals surface area contributed by atoms with Crippen molar-refractivity contribution in [1.82, 2.24) is 0 Å². The van der Waals surface area contributed by atoms with Crippen LogP contribution in [0.1, 0.15) is 40.0 Å². The quantitative estimate of drug-likeness (QED) is 0.515. The second kappa shape index (κ2) is 3.65. The molecule has 0 N–H and O–H groups in total. The van der Waals surface area contributed by atoms with Crippen molar-refractivity contribution in [3.05, 3.63) is 0 Å². The maximum atomic E-state index is 4.08. The minimum atomic E-state index is 0.148. The molecule has 0 aliphatic rings. The fourth-order valence-electron chi connectivity index (χ4n) is 0.906. The van der Waals surface area contributed by atoms with Gasteiger partial charge >= 0.3 is 0 Å². The molecule has 0 radical (unpaired) electrons. The number of rotatable bonds is 4. The van der Waals surface area contributed by atoms with Crippen molar-refractivity contribution < 1.29 is 0 Å². The Morgan fingerprint density at radius 3 is 2.11 bits per heavy atom. The third kappa shape index (κ3) is 2.64. The third-order valence-corrected chi connectivity index (χ3v) is 1.93. The predicted molar refractivity (Wildman–Crippen MR) is 43.2 cm³/mol. The van der Waals surface area contributed by atoms with Gasteiger partial charge in [-0.05, 0) is 26.5 Å². The zero-order chi connectivity index (χ0) is 7.33. The van der Waals surface area contributed by atoms with E-state index in [1.807, 2.05) is 0 Å². The van der Waals surface area contributed by atoms with E-state index in [1.54, 1.807) is 0 Å². The minimum absolute atomic E-state index is 0.148. The molecule has 0 heterocycles.